The molecule has 0 spiro atoms. The van der Waals surface area contributed by atoms with Crippen molar-refractivity contribution >= 4 is 12.1 Å². The zero-order chi connectivity index (χ0) is 15.3. The van der Waals surface area contributed by atoms with E-state index in [4.69, 9.17) is 4.74 Å². The normalized spacial score (nSPS) is 10.3. The monoisotopic (exact) mass is 291 g/mol. The molecule has 1 aromatic rings. The first-order valence-electron chi connectivity index (χ1n) is 6.91. The topological polar surface area (TPSA) is 64.6 Å². The molecule has 1 N–H and O–H groups in total. The van der Waals surface area contributed by atoms with Crippen LogP contribution in [-0.2, 0) is 20.9 Å². The number of ether oxygens (including phenoxy) is 2. The lowest BCUT2D eigenvalue weighted by atomic mass is 10.2. The molecule has 0 aliphatic carbocycles. The predicted molar refractivity (Wildman–Crippen MR) is 79.6 cm³/mol. The van der Waals surface area contributed by atoms with E-state index in [9.17, 15) is 9.59 Å². The van der Waals surface area contributed by atoms with Gasteiger partial charge in [-0.15, -0.1) is 0 Å². The van der Waals surface area contributed by atoms with Crippen molar-refractivity contribution in [3.05, 3.63) is 48.0 Å². The molecular weight excluding hydrogens is 270 g/mol. The number of rotatable bonds is 8. The third kappa shape index (κ3) is 8.47. The molecule has 0 heterocycles. The van der Waals surface area contributed by atoms with E-state index in [-0.39, 0.29) is 12.6 Å². The van der Waals surface area contributed by atoms with Gasteiger partial charge in [-0.2, -0.15) is 0 Å². The number of allylic oxidation sites excluding steroid dienone is 1. The van der Waals surface area contributed by atoms with Crippen LogP contribution in [0.3, 0.4) is 0 Å². The molecule has 0 aliphatic heterocycles. The van der Waals surface area contributed by atoms with Crippen molar-refractivity contribution in [3.63, 3.8) is 0 Å². The second kappa shape index (κ2) is 10.5. The van der Waals surface area contributed by atoms with Gasteiger partial charge in [0, 0.05) is 12.6 Å². The zero-order valence-electron chi connectivity index (χ0n) is 12.2. The minimum Gasteiger partial charge on any atom is -0.466 e. The second-order valence-electron chi connectivity index (χ2n) is 4.41. The number of benzene rings is 1. The second-order valence-corrected chi connectivity index (χ2v) is 4.41. The lowest BCUT2D eigenvalue weighted by molar-refractivity contribution is -0.134. The van der Waals surface area contributed by atoms with Crippen LogP contribution in [0.5, 0.6) is 0 Å². The van der Waals surface area contributed by atoms with Crippen molar-refractivity contribution < 1.29 is 19.1 Å². The number of alkyl carbamates (subject to hydrolysis) is 1. The van der Waals surface area contributed by atoms with Crippen LogP contribution in [0, 0.1) is 0 Å². The summed E-state index contributed by atoms with van der Waals surface area (Å²) in [7, 11) is 1.34. The van der Waals surface area contributed by atoms with Crippen LogP contribution in [-0.4, -0.2) is 25.7 Å². The van der Waals surface area contributed by atoms with Crippen molar-refractivity contribution in [2.45, 2.75) is 25.9 Å². The van der Waals surface area contributed by atoms with Crippen LogP contribution in [0.1, 0.15) is 24.8 Å². The average molecular weight is 291 g/mol. The van der Waals surface area contributed by atoms with E-state index in [2.05, 4.69) is 10.1 Å². The van der Waals surface area contributed by atoms with Crippen LogP contribution in [0.4, 0.5) is 4.79 Å². The Morgan fingerprint density at radius 2 is 1.95 bits per heavy atom. The molecule has 1 aromatic carbocycles. The number of nitrogens with one attached hydrogen (secondary N) is 1. The summed E-state index contributed by atoms with van der Waals surface area (Å²) in [5.74, 6) is -0.349. The Labute approximate surface area is 124 Å². The summed E-state index contributed by atoms with van der Waals surface area (Å²) in [4.78, 5) is 22.2. The van der Waals surface area contributed by atoms with E-state index >= 15 is 0 Å². The third-order valence-electron chi connectivity index (χ3n) is 2.73. The maximum Gasteiger partial charge on any atom is 0.407 e. The van der Waals surface area contributed by atoms with Crippen molar-refractivity contribution in [2.75, 3.05) is 13.7 Å². The Balaban J connectivity index is 2.01. The van der Waals surface area contributed by atoms with Gasteiger partial charge >= 0.3 is 12.1 Å². The fraction of sp³-hybridized carbons (Fsp3) is 0.375. The van der Waals surface area contributed by atoms with E-state index < -0.39 is 6.09 Å². The summed E-state index contributed by atoms with van der Waals surface area (Å²) in [6.45, 7) is 0.828. The Morgan fingerprint density at radius 1 is 1.19 bits per heavy atom. The van der Waals surface area contributed by atoms with E-state index in [1.54, 1.807) is 6.08 Å². The molecule has 114 valence electrons. The molecule has 5 nitrogen and oxygen atoms in total. The highest BCUT2D eigenvalue weighted by Gasteiger charge is 2.01. The van der Waals surface area contributed by atoms with Gasteiger partial charge in [-0.05, 0) is 24.8 Å². The number of esters is 1. The van der Waals surface area contributed by atoms with Crippen LogP contribution in [0.2, 0.25) is 0 Å². The van der Waals surface area contributed by atoms with Crippen molar-refractivity contribution in [1.82, 2.24) is 5.32 Å². The van der Waals surface area contributed by atoms with Crippen LogP contribution in [0.25, 0.3) is 0 Å². The molecular formula is C16H21NO4. The molecule has 0 atom stereocenters. The van der Waals surface area contributed by atoms with Crippen LogP contribution < -0.4 is 5.32 Å². The molecule has 0 aliphatic rings. The first kappa shape index (κ1) is 16.8. The summed E-state index contributed by atoms with van der Waals surface area (Å²) < 4.78 is 9.55. The maximum atomic E-state index is 11.4. The number of carbonyl (C=O) groups excluding carboxylic acids is 2. The number of amides is 1. The number of hydrogen-bond donors (Lipinski definition) is 1. The molecule has 0 saturated heterocycles. The van der Waals surface area contributed by atoms with Crippen molar-refractivity contribution in [1.29, 1.82) is 0 Å². The molecule has 0 saturated carbocycles. The summed E-state index contributed by atoms with van der Waals surface area (Å²) in [5, 5.41) is 2.69. The van der Waals surface area contributed by atoms with Gasteiger partial charge in [0.15, 0.2) is 0 Å². The van der Waals surface area contributed by atoms with Gasteiger partial charge in [-0.3, -0.25) is 0 Å². The van der Waals surface area contributed by atoms with Crippen LogP contribution in [0.15, 0.2) is 42.5 Å². The van der Waals surface area contributed by atoms with Gasteiger partial charge in [-0.25, -0.2) is 9.59 Å². The van der Waals surface area contributed by atoms with Gasteiger partial charge < -0.3 is 14.8 Å². The van der Waals surface area contributed by atoms with E-state index in [1.165, 1.54) is 13.2 Å². The van der Waals surface area contributed by atoms with Gasteiger partial charge in [0.05, 0.1) is 7.11 Å². The first-order chi connectivity index (χ1) is 10.2. The summed E-state index contributed by atoms with van der Waals surface area (Å²) >= 11 is 0. The van der Waals surface area contributed by atoms with E-state index in [1.807, 2.05) is 30.3 Å². The highest BCUT2D eigenvalue weighted by atomic mass is 16.5. The smallest absolute Gasteiger partial charge is 0.407 e. The number of unbranched alkanes of at least 4 members (excludes halogenated alkanes) is 2. The molecule has 1 rings (SSSR count). The standard InChI is InChI=1S/C16H21NO4/c1-20-15(18)11-7-2-3-8-12-17-16(19)21-13-14-9-5-4-6-10-14/h4-7,9-11H,2-3,8,12-13H2,1H3,(H,17,19)/b11-7-. The minimum atomic E-state index is -0.413. The molecule has 0 bridgehead atoms. The number of hydrogen-bond acceptors (Lipinski definition) is 4. The largest absolute Gasteiger partial charge is 0.466 e. The Morgan fingerprint density at radius 3 is 2.67 bits per heavy atom. The molecule has 0 aromatic heterocycles. The van der Waals surface area contributed by atoms with Gasteiger partial charge in [-0.1, -0.05) is 36.4 Å². The molecule has 21 heavy (non-hydrogen) atoms. The fourth-order valence-corrected chi connectivity index (χ4v) is 1.60. The summed E-state index contributed by atoms with van der Waals surface area (Å²) in [6, 6.07) is 9.52. The SMILES string of the molecule is COC(=O)/C=C\CCCCNC(=O)OCc1ccccc1. The van der Waals surface area contributed by atoms with E-state index in [0.29, 0.717) is 6.54 Å². The van der Waals surface area contributed by atoms with E-state index in [0.717, 1.165) is 24.8 Å². The average Bonchev–Trinajstić information content (AvgIpc) is 2.52. The van der Waals surface area contributed by atoms with Crippen molar-refractivity contribution in [3.8, 4) is 0 Å². The quantitative estimate of drug-likeness (QED) is 0.454. The number of carbonyl (C=O) groups is 2. The summed E-state index contributed by atoms with van der Waals surface area (Å²) in [6.07, 6.45) is 5.24. The zero-order valence-corrected chi connectivity index (χ0v) is 12.2. The highest BCUT2D eigenvalue weighted by molar-refractivity contribution is 5.81. The van der Waals surface area contributed by atoms with Crippen LogP contribution >= 0.6 is 0 Å². The molecule has 5 heteroatoms. The Kier molecular flexibility index (Phi) is 8.36. The van der Waals surface area contributed by atoms with Crippen molar-refractivity contribution in [2.24, 2.45) is 0 Å². The van der Waals surface area contributed by atoms with Gasteiger partial charge in [0.2, 0.25) is 0 Å². The highest BCUT2D eigenvalue weighted by Crippen LogP contribution is 2.01. The third-order valence-corrected chi connectivity index (χ3v) is 2.73. The lowest BCUT2D eigenvalue weighted by Crippen LogP contribution is -2.25. The predicted octanol–water partition coefficient (Wildman–Crippen LogP) is 2.81. The Hall–Kier alpha value is -2.30. The number of methoxy groups -OCH3 is 1. The maximum absolute atomic E-state index is 11.4. The van der Waals surface area contributed by atoms with Gasteiger partial charge in [0.25, 0.3) is 0 Å². The first-order valence-corrected chi connectivity index (χ1v) is 6.91. The molecule has 0 radical (unpaired) electrons. The molecule has 0 unspecified atom stereocenters. The fourth-order valence-electron chi connectivity index (χ4n) is 1.60. The Bertz CT molecular complexity index is 457. The molecule has 0 fully saturated rings. The minimum absolute atomic E-state index is 0.272. The molecule has 1 amide bonds. The van der Waals surface area contributed by atoms with Gasteiger partial charge in [0.1, 0.15) is 6.61 Å². The lowest BCUT2D eigenvalue weighted by Gasteiger charge is -2.06. The summed E-state index contributed by atoms with van der Waals surface area (Å²) in [5.41, 5.74) is 0.959.